The second-order valence-corrected chi connectivity index (χ2v) is 8.58. The second kappa shape index (κ2) is 9.04. The molecule has 31 heavy (non-hydrogen) atoms. The summed E-state index contributed by atoms with van der Waals surface area (Å²) >= 11 is 0. The summed E-state index contributed by atoms with van der Waals surface area (Å²) in [6.07, 6.45) is 0.549. The number of aromatic nitrogens is 2. The first-order valence-electron chi connectivity index (χ1n) is 10.2. The number of nitrogens with zero attached hydrogens (tertiary/aromatic N) is 2. The summed E-state index contributed by atoms with van der Waals surface area (Å²) < 4.78 is 1.69. The van der Waals surface area contributed by atoms with Crippen LogP contribution in [0.5, 0.6) is 0 Å². The molecule has 162 valence electrons. The Balaban J connectivity index is 1.84. The highest BCUT2D eigenvalue weighted by Crippen LogP contribution is 2.26. The summed E-state index contributed by atoms with van der Waals surface area (Å²) in [7, 11) is 0. The van der Waals surface area contributed by atoms with Crippen LogP contribution in [0.4, 0.5) is 16.3 Å². The maximum atomic E-state index is 12.6. The largest absolute Gasteiger partial charge is 0.481 e. The molecule has 0 saturated carbocycles. The topological polar surface area (TPSA) is 96.3 Å². The average Bonchev–Trinajstić information content (AvgIpc) is 3.12. The van der Waals surface area contributed by atoms with E-state index >= 15 is 0 Å². The van der Waals surface area contributed by atoms with Crippen LogP contribution in [-0.4, -0.2) is 26.9 Å². The number of aliphatic carboxylic acids is 1. The third-order valence-electron chi connectivity index (χ3n) is 4.84. The molecule has 2 amide bonds. The predicted molar refractivity (Wildman–Crippen MR) is 122 cm³/mol. The fourth-order valence-electron chi connectivity index (χ4n) is 3.00. The molecule has 7 heteroatoms. The van der Waals surface area contributed by atoms with Crippen molar-refractivity contribution in [3.05, 3.63) is 71.4 Å². The van der Waals surface area contributed by atoms with Crippen molar-refractivity contribution in [2.24, 2.45) is 0 Å². The van der Waals surface area contributed by atoms with E-state index in [1.54, 1.807) is 4.68 Å². The van der Waals surface area contributed by atoms with E-state index in [0.29, 0.717) is 17.9 Å². The number of nitrogens with one attached hydrogen (secondary N) is 2. The molecular formula is C24H28N4O3. The minimum atomic E-state index is -0.822. The van der Waals surface area contributed by atoms with Crippen molar-refractivity contribution in [1.29, 1.82) is 0 Å². The smallest absolute Gasteiger partial charge is 0.324 e. The number of aryl methyl sites for hydroxylation is 2. The highest BCUT2D eigenvalue weighted by atomic mass is 16.4. The Bertz CT molecular complexity index is 1060. The first-order valence-corrected chi connectivity index (χ1v) is 10.2. The normalized spacial score (nSPS) is 11.2. The number of carbonyl (C=O) groups is 2. The highest BCUT2D eigenvalue weighted by molar-refractivity contribution is 5.99. The van der Waals surface area contributed by atoms with Crippen molar-refractivity contribution in [2.75, 3.05) is 10.6 Å². The lowest BCUT2D eigenvalue weighted by molar-refractivity contribution is -0.136. The van der Waals surface area contributed by atoms with Gasteiger partial charge in [-0.05, 0) is 43.2 Å². The SMILES string of the molecule is Cc1ccc(NC(=O)Nc2cc(C(C)(C)C)nn2-c2ccc(CCC(=O)O)cc2)cc1. The Morgan fingerprint density at radius 2 is 1.65 bits per heavy atom. The molecule has 0 fully saturated rings. The molecule has 7 nitrogen and oxygen atoms in total. The van der Waals surface area contributed by atoms with Crippen LogP contribution in [0.15, 0.2) is 54.6 Å². The number of hydrogen-bond donors (Lipinski definition) is 3. The predicted octanol–water partition coefficient (Wildman–Crippen LogP) is 5.14. The molecule has 0 spiro atoms. The lowest BCUT2D eigenvalue weighted by Crippen LogP contribution is -2.21. The first kappa shape index (κ1) is 22.1. The van der Waals surface area contributed by atoms with Gasteiger partial charge in [-0.1, -0.05) is 50.6 Å². The molecular weight excluding hydrogens is 392 g/mol. The van der Waals surface area contributed by atoms with Gasteiger partial charge in [-0.2, -0.15) is 5.10 Å². The Labute approximate surface area is 182 Å². The molecule has 0 aliphatic rings. The quantitative estimate of drug-likeness (QED) is 0.514. The van der Waals surface area contributed by atoms with E-state index in [1.165, 1.54) is 0 Å². The number of amides is 2. The van der Waals surface area contributed by atoms with E-state index < -0.39 is 5.97 Å². The molecule has 1 aromatic heterocycles. The Hall–Kier alpha value is -3.61. The zero-order valence-electron chi connectivity index (χ0n) is 18.3. The van der Waals surface area contributed by atoms with Crippen LogP contribution in [0, 0.1) is 6.92 Å². The second-order valence-electron chi connectivity index (χ2n) is 8.58. The molecule has 0 unspecified atom stereocenters. The van der Waals surface area contributed by atoms with Gasteiger partial charge in [0.1, 0.15) is 5.82 Å². The summed E-state index contributed by atoms with van der Waals surface area (Å²) in [5.41, 5.74) is 4.17. The van der Waals surface area contributed by atoms with Gasteiger partial charge < -0.3 is 10.4 Å². The zero-order valence-corrected chi connectivity index (χ0v) is 18.3. The molecule has 0 bridgehead atoms. The van der Waals surface area contributed by atoms with Crippen LogP contribution in [0.3, 0.4) is 0 Å². The molecule has 3 aromatic rings. The summed E-state index contributed by atoms with van der Waals surface area (Å²) in [6.45, 7) is 8.17. The van der Waals surface area contributed by atoms with E-state index in [-0.39, 0.29) is 17.9 Å². The number of hydrogen-bond acceptors (Lipinski definition) is 3. The van der Waals surface area contributed by atoms with Gasteiger partial charge in [0, 0.05) is 23.6 Å². The van der Waals surface area contributed by atoms with Gasteiger partial charge in [0.25, 0.3) is 0 Å². The molecule has 3 rings (SSSR count). The van der Waals surface area contributed by atoms with Crippen molar-refractivity contribution in [3.8, 4) is 5.69 Å². The number of benzene rings is 2. The van der Waals surface area contributed by atoms with Crippen molar-refractivity contribution in [1.82, 2.24) is 9.78 Å². The van der Waals surface area contributed by atoms with Gasteiger partial charge in [0.2, 0.25) is 0 Å². The Morgan fingerprint density at radius 1 is 1.00 bits per heavy atom. The number of rotatable bonds is 6. The first-order chi connectivity index (χ1) is 14.6. The molecule has 1 heterocycles. The monoisotopic (exact) mass is 420 g/mol. The van der Waals surface area contributed by atoms with Gasteiger partial charge in [-0.3, -0.25) is 10.1 Å². The average molecular weight is 421 g/mol. The van der Waals surface area contributed by atoms with Crippen molar-refractivity contribution in [3.63, 3.8) is 0 Å². The number of anilines is 2. The maximum absolute atomic E-state index is 12.6. The van der Waals surface area contributed by atoms with Crippen molar-refractivity contribution < 1.29 is 14.7 Å². The summed E-state index contributed by atoms with van der Waals surface area (Å²) in [5, 5.41) is 19.3. The minimum absolute atomic E-state index is 0.0846. The van der Waals surface area contributed by atoms with Crippen LogP contribution in [0.25, 0.3) is 5.69 Å². The van der Waals surface area contributed by atoms with E-state index in [9.17, 15) is 9.59 Å². The maximum Gasteiger partial charge on any atom is 0.324 e. The Morgan fingerprint density at radius 3 is 2.23 bits per heavy atom. The van der Waals surface area contributed by atoms with E-state index in [0.717, 1.165) is 22.5 Å². The molecule has 3 N–H and O–H groups in total. The zero-order chi connectivity index (χ0) is 22.6. The fourth-order valence-corrected chi connectivity index (χ4v) is 3.00. The van der Waals surface area contributed by atoms with Crippen LogP contribution in [-0.2, 0) is 16.6 Å². The molecule has 0 aliphatic heterocycles. The summed E-state index contributed by atoms with van der Waals surface area (Å²) in [4.78, 5) is 23.4. The number of urea groups is 1. The molecule has 0 atom stereocenters. The fraction of sp³-hybridized carbons (Fsp3) is 0.292. The molecule has 0 radical (unpaired) electrons. The van der Waals surface area contributed by atoms with Crippen LogP contribution in [0.2, 0.25) is 0 Å². The van der Waals surface area contributed by atoms with Gasteiger partial charge in [-0.25, -0.2) is 9.48 Å². The highest BCUT2D eigenvalue weighted by Gasteiger charge is 2.21. The van der Waals surface area contributed by atoms with Crippen LogP contribution >= 0.6 is 0 Å². The van der Waals surface area contributed by atoms with Crippen molar-refractivity contribution in [2.45, 2.75) is 46.0 Å². The minimum Gasteiger partial charge on any atom is -0.481 e. The van der Waals surface area contributed by atoms with Crippen molar-refractivity contribution >= 4 is 23.5 Å². The van der Waals surface area contributed by atoms with Crippen LogP contribution in [0.1, 0.15) is 44.0 Å². The molecule has 2 aromatic carbocycles. The number of carbonyl (C=O) groups excluding carboxylic acids is 1. The van der Waals surface area contributed by atoms with E-state index in [2.05, 4.69) is 31.4 Å². The Kier molecular flexibility index (Phi) is 6.44. The number of carboxylic acids is 1. The van der Waals surface area contributed by atoms with Gasteiger partial charge in [0.15, 0.2) is 0 Å². The molecule has 0 aliphatic carbocycles. The number of carboxylic acid groups (broad SMARTS) is 1. The lowest BCUT2D eigenvalue weighted by Gasteiger charge is -2.14. The van der Waals surface area contributed by atoms with Crippen LogP contribution < -0.4 is 10.6 Å². The van der Waals surface area contributed by atoms with Gasteiger partial charge in [-0.15, -0.1) is 0 Å². The molecule has 0 saturated heterocycles. The third-order valence-corrected chi connectivity index (χ3v) is 4.84. The van der Waals surface area contributed by atoms with E-state index in [1.807, 2.05) is 61.5 Å². The van der Waals surface area contributed by atoms with E-state index in [4.69, 9.17) is 10.2 Å². The lowest BCUT2D eigenvalue weighted by atomic mass is 9.92. The van der Waals surface area contributed by atoms with Gasteiger partial charge >= 0.3 is 12.0 Å². The van der Waals surface area contributed by atoms with Gasteiger partial charge in [0.05, 0.1) is 11.4 Å². The summed E-state index contributed by atoms with van der Waals surface area (Å²) in [5.74, 6) is -0.273. The third kappa shape index (κ3) is 5.94. The summed E-state index contributed by atoms with van der Waals surface area (Å²) in [6, 6.07) is 16.6. The standard InChI is InChI=1S/C24H28N4O3/c1-16-5-10-18(11-6-16)25-23(31)26-21-15-20(24(2,3)4)27-28(21)19-12-7-17(8-13-19)9-14-22(29)30/h5-8,10-13,15H,9,14H2,1-4H3,(H,29,30)(H2,25,26,31).